The Morgan fingerprint density at radius 2 is 0.554 bits per heavy atom. The zero-order chi connectivity index (χ0) is 43.1. The van der Waals surface area contributed by atoms with Gasteiger partial charge in [0.25, 0.3) is 0 Å². The Morgan fingerprint density at radius 3 is 1.00 bits per heavy atom. The van der Waals surface area contributed by atoms with Crippen LogP contribution in [0.5, 0.6) is 0 Å². The van der Waals surface area contributed by atoms with Gasteiger partial charge in [-0.15, -0.1) is 22.7 Å². The highest BCUT2D eigenvalue weighted by Crippen LogP contribution is 2.52. The van der Waals surface area contributed by atoms with Crippen LogP contribution in [0.3, 0.4) is 0 Å². The number of nitrogens with zero attached hydrogens (tertiary/aromatic N) is 3. The zero-order valence-electron chi connectivity index (χ0n) is 35.3. The lowest BCUT2D eigenvalue weighted by molar-refractivity contribution is 1.26. The molecule has 0 N–H and O–H groups in total. The SMILES string of the molecule is c1ccc(-c2ccc(N(c3cc(N(c4ccccc4)c4ccccc4)c4sc5ccccc5c4c3)c3cc(N(c4ccccc4)c4ccccc4)cc4c3sc3ccccc34)cc2)cc1. The Morgan fingerprint density at radius 1 is 0.231 bits per heavy atom. The molecule has 0 saturated heterocycles. The van der Waals surface area contributed by atoms with E-state index in [0.717, 1.165) is 51.2 Å². The van der Waals surface area contributed by atoms with Crippen molar-refractivity contribution in [3.63, 3.8) is 0 Å². The van der Waals surface area contributed by atoms with Crippen LogP contribution in [0.25, 0.3) is 51.5 Å². The number of anilines is 9. The Balaban J connectivity index is 1.19. The summed E-state index contributed by atoms with van der Waals surface area (Å²) >= 11 is 3.72. The summed E-state index contributed by atoms with van der Waals surface area (Å²) in [5.41, 5.74) is 12.2. The van der Waals surface area contributed by atoms with Crippen LogP contribution < -0.4 is 14.7 Å². The van der Waals surface area contributed by atoms with Gasteiger partial charge in [-0.1, -0.05) is 152 Å². The molecule has 10 aromatic carbocycles. The van der Waals surface area contributed by atoms with Crippen molar-refractivity contribution in [2.75, 3.05) is 14.7 Å². The molecule has 0 aliphatic heterocycles. The molecule has 0 saturated carbocycles. The largest absolute Gasteiger partial charge is 0.310 e. The Bertz CT molecular complexity index is 3510. The minimum absolute atomic E-state index is 1.07. The molecule has 5 heteroatoms. The molecule has 0 aliphatic rings. The lowest BCUT2D eigenvalue weighted by atomic mass is 10.0. The standard InChI is InChI=1S/C60H41N3S2/c1-6-20-42(21-7-1)43-34-36-48(37-35-43)63(50-39-54-52-31-17-19-33-58(52)64-59(54)55(41-50)62(46-26-12-4-13-27-46)47-28-14-5-15-29-47)56-40-49(38-53-51-30-16-18-32-57(51)65-60(53)56)61(44-22-8-2-9-23-44)45-24-10-3-11-25-45/h1-41H. The molecule has 0 radical (unpaired) electrons. The molecule has 0 unspecified atom stereocenters. The average molecular weight is 868 g/mol. The van der Waals surface area contributed by atoms with Crippen LogP contribution >= 0.6 is 22.7 Å². The number of hydrogen-bond donors (Lipinski definition) is 0. The first kappa shape index (κ1) is 38.7. The minimum atomic E-state index is 1.07. The number of benzene rings is 10. The fourth-order valence-electron chi connectivity index (χ4n) is 9.22. The topological polar surface area (TPSA) is 9.72 Å². The number of thiophene rings is 2. The first-order valence-electron chi connectivity index (χ1n) is 21.9. The molecular weight excluding hydrogens is 827 g/mol. The van der Waals surface area contributed by atoms with Crippen LogP contribution in [0.4, 0.5) is 51.2 Å². The Hall–Kier alpha value is -7.96. The summed E-state index contributed by atoms with van der Waals surface area (Å²) in [4.78, 5) is 7.32. The van der Waals surface area contributed by atoms with Gasteiger partial charge >= 0.3 is 0 Å². The summed E-state index contributed by atoms with van der Waals surface area (Å²) in [6, 6.07) is 90.2. The molecule has 0 atom stereocenters. The molecule has 65 heavy (non-hydrogen) atoms. The van der Waals surface area contributed by atoms with Crippen LogP contribution in [-0.2, 0) is 0 Å². The molecule has 2 heterocycles. The van der Waals surface area contributed by atoms with Gasteiger partial charge in [0.2, 0.25) is 0 Å². The second-order valence-corrected chi connectivity index (χ2v) is 18.2. The van der Waals surface area contributed by atoms with E-state index in [2.05, 4.69) is 263 Å². The maximum Gasteiger partial charge on any atom is 0.0661 e. The van der Waals surface area contributed by atoms with Crippen LogP contribution in [0.15, 0.2) is 249 Å². The molecule has 0 aliphatic carbocycles. The molecule has 0 amide bonds. The van der Waals surface area contributed by atoms with Gasteiger partial charge in [-0.3, -0.25) is 0 Å². The number of rotatable bonds is 10. The smallest absolute Gasteiger partial charge is 0.0661 e. The first-order valence-corrected chi connectivity index (χ1v) is 23.6. The van der Waals surface area contributed by atoms with Crippen molar-refractivity contribution in [3.8, 4) is 11.1 Å². The molecule has 12 rings (SSSR count). The highest BCUT2D eigenvalue weighted by Gasteiger charge is 2.26. The molecule has 0 spiro atoms. The van der Waals surface area contributed by atoms with Crippen molar-refractivity contribution < 1.29 is 0 Å². The van der Waals surface area contributed by atoms with Crippen LogP contribution in [-0.4, -0.2) is 0 Å². The van der Waals surface area contributed by atoms with Crippen molar-refractivity contribution >= 4 is 114 Å². The predicted octanol–water partition coefficient (Wildman–Crippen LogP) is 18.5. The van der Waals surface area contributed by atoms with E-state index in [1.165, 1.54) is 51.5 Å². The van der Waals surface area contributed by atoms with Crippen molar-refractivity contribution in [2.45, 2.75) is 0 Å². The van der Waals surface area contributed by atoms with E-state index in [-0.39, 0.29) is 0 Å². The number of para-hydroxylation sites is 4. The maximum absolute atomic E-state index is 2.51. The normalized spacial score (nSPS) is 11.4. The molecule has 3 nitrogen and oxygen atoms in total. The quantitative estimate of drug-likeness (QED) is 0.136. The molecule has 2 aromatic heterocycles. The van der Waals surface area contributed by atoms with E-state index in [1.807, 2.05) is 22.7 Å². The van der Waals surface area contributed by atoms with Crippen LogP contribution in [0, 0.1) is 0 Å². The predicted molar refractivity (Wildman–Crippen MR) is 282 cm³/mol. The summed E-state index contributed by atoms with van der Waals surface area (Å²) in [6.07, 6.45) is 0. The molecule has 0 bridgehead atoms. The molecule has 12 aromatic rings. The second kappa shape index (κ2) is 16.6. The molecule has 0 fully saturated rings. The summed E-state index contributed by atoms with van der Waals surface area (Å²) in [6.45, 7) is 0. The maximum atomic E-state index is 2.51. The number of hydrogen-bond acceptors (Lipinski definition) is 5. The summed E-state index contributed by atoms with van der Waals surface area (Å²) < 4.78 is 4.98. The van der Waals surface area contributed by atoms with E-state index in [9.17, 15) is 0 Å². The number of fused-ring (bicyclic) bond motifs is 6. The highest BCUT2D eigenvalue weighted by atomic mass is 32.1. The second-order valence-electron chi connectivity index (χ2n) is 16.1. The van der Waals surface area contributed by atoms with Crippen molar-refractivity contribution in [1.29, 1.82) is 0 Å². The van der Waals surface area contributed by atoms with Crippen molar-refractivity contribution in [3.05, 3.63) is 249 Å². The Labute approximate surface area is 386 Å². The van der Waals surface area contributed by atoms with Gasteiger partial charge < -0.3 is 14.7 Å². The van der Waals surface area contributed by atoms with Gasteiger partial charge in [0.05, 0.1) is 20.8 Å². The van der Waals surface area contributed by atoms with Gasteiger partial charge in [0, 0.05) is 70.8 Å². The van der Waals surface area contributed by atoms with E-state index >= 15 is 0 Å². The minimum Gasteiger partial charge on any atom is -0.310 e. The lowest BCUT2D eigenvalue weighted by Crippen LogP contribution is -2.15. The molecule has 308 valence electrons. The van der Waals surface area contributed by atoms with E-state index in [1.54, 1.807) is 0 Å². The van der Waals surface area contributed by atoms with Gasteiger partial charge in [-0.25, -0.2) is 0 Å². The fraction of sp³-hybridized carbons (Fsp3) is 0. The van der Waals surface area contributed by atoms with Gasteiger partial charge in [0.15, 0.2) is 0 Å². The first-order chi connectivity index (χ1) is 32.2. The van der Waals surface area contributed by atoms with E-state index in [4.69, 9.17) is 0 Å². The average Bonchev–Trinajstić information content (AvgIpc) is 3.95. The monoisotopic (exact) mass is 867 g/mol. The zero-order valence-corrected chi connectivity index (χ0v) is 37.0. The van der Waals surface area contributed by atoms with Crippen LogP contribution in [0.2, 0.25) is 0 Å². The van der Waals surface area contributed by atoms with Crippen LogP contribution in [0.1, 0.15) is 0 Å². The third-order valence-electron chi connectivity index (χ3n) is 12.2. The lowest BCUT2D eigenvalue weighted by Gasteiger charge is -2.32. The highest BCUT2D eigenvalue weighted by molar-refractivity contribution is 7.27. The van der Waals surface area contributed by atoms with E-state index < -0.39 is 0 Å². The van der Waals surface area contributed by atoms with Crippen molar-refractivity contribution in [2.24, 2.45) is 0 Å². The summed E-state index contributed by atoms with van der Waals surface area (Å²) in [5, 5.41) is 4.93. The van der Waals surface area contributed by atoms with E-state index in [0.29, 0.717) is 0 Å². The third-order valence-corrected chi connectivity index (χ3v) is 14.6. The van der Waals surface area contributed by atoms with Gasteiger partial charge in [-0.05, 0) is 108 Å². The van der Waals surface area contributed by atoms with Gasteiger partial charge in [0.1, 0.15) is 0 Å². The summed E-state index contributed by atoms with van der Waals surface area (Å²) in [5.74, 6) is 0. The fourth-order valence-corrected chi connectivity index (χ4v) is 11.6. The van der Waals surface area contributed by atoms with Crippen molar-refractivity contribution in [1.82, 2.24) is 0 Å². The molecular formula is C60H41N3S2. The Kier molecular flexibility index (Phi) is 9.90. The van der Waals surface area contributed by atoms with Gasteiger partial charge in [-0.2, -0.15) is 0 Å². The summed E-state index contributed by atoms with van der Waals surface area (Å²) in [7, 11) is 0. The third kappa shape index (κ3) is 7.08.